The maximum atomic E-state index is 6.55. The first-order valence-corrected chi connectivity index (χ1v) is 7.47. The Balaban J connectivity index is 2.17. The molecule has 0 radical (unpaired) electrons. The molecule has 0 saturated carbocycles. The van der Waals surface area contributed by atoms with Gasteiger partial charge in [-0.05, 0) is 41.2 Å². The van der Waals surface area contributed by atoms with E-state index in [2.05, 4.69) is 38.1 Å². The second-order valence-corrected chi connectivity index (χ2v) is 5.55. The van der Waals surface area contributed by atoms with Gasteiger partial charge >= 0.3 is 0 Å². The van der Waals surface area contributed by atoms with E-state index in [1.165, 1.54) is 5.56 Å². The van der Waals surface area contributed by atoms with Crippen molar-refractivity contribution < 1.29 is 4.74 Å². The van der Waals surface area contributed by atoms with Gasteiger partial charge in [0, 0.05) is 0 Å². The largest absolute Gasteiger partial charge is 0.497 e. The predicted molar refractivity (Wildman–Crippen MR) is 85.8 cm³/mol. The Morgan fingerprint density at radius 3 is 1.80 bits per heavy atom. The second-order valence-electron chi connectivity index (χ2n) is 5.11. The third kappa shape index (κ3) is 3.34. The lowest BCUT2D eigenvalue weighted by Crippen LogP contribution is -1.96. The molecule has 106 valence electrons. The van der Waals surface area contributed by atoms with Crippen LogP contribution in [0, 0.1) is 0 Å². The highest BCUT2D eigenvalue weighted by atomic mass is 35.5. The summed E-state index contributed by atoms with van der Waals surface area (Å²) in [6.45, 7) is 4.46. The lowest BCUT2D eigenvalue weighted by atomic mass is 9.96. The summed E-state index contributed by atoms with van der Waals surface area (Å²) < 4.78 is 5.17. The zero-order valence-electron chi connectivity index (χ0n) is 12.3. The fourth-order valence-electron chi connectivity index (χ4n) is 2.19. The molecule has 0 heterocycles. The minimum atomic E-state index is -0.119. The predicted octanol–water partition coefficient (Wildman–Crippen LogP) is 5.54. The molecule has 0 aliphatic rings. The van der Waals surface area contributed by atoms with Gasteiger partial charge in [-0.15, -0.1) is 11.6 Å². The average Bonchev–Trinajstić information content (AvgIpc) is 2.53. The molecule has 2 atom stereocenters. The van der Waals surface area contributed by atoms with E-state index in [1.54, 1.807) is 7.11 Å². The Morgan fingerprint density at radius 2 is 1.35 bits per heavy atom. The van der Waals surface area contributed by atoms with Gasteiger partial charge in [0.2, 0.25) is 0 Å². The van der Waals surface area contributed by atoms with Crippen LogP contribution in [-0.4, -0.2) is 7.11 Å². The maximum absolute atomic E-state index is 6.55. The van der Waals surface area contributed by atoms with E-state index >= 15 is 0 Å². The van der Waals surface area contributed by atoms with Crippen molar-refractivity contribution in [2.45, 2.75) is 31.6 Å². The van der Waals surface area contributed by atoms with Gasteiger partial charge in [-0.25, -0.2) is 0 Å². The first-order chi connectivity index (χ1) is 9.65. The number of ether oxygens (including phenoxy) is 1. The maximum Gasteiger partial charge on any atom is 0.118 e. The molecule has 0 aliphatic carbocycles. The van der Waals surface area contributed by atoms with E-state index in [1.807, 2.05) is 24.3 Å². The van der Waals surface area contributed by atoms with Crippen LogP contribution in [0.15, 0.2) is 48.5 Å². The average molecular weight is 289 g/mol. The summed E-state index contributed by atoms with van der Waals surface area (Å²) in [5.74, 6) is 1.45. The van der Waals surface area contributed by atoms with E-state index < -0.39 is 0 Å². The molecule has 20 heavy (non-hydrogen) atoms. The van der Waals surface area contributed by atoms with Gasteiger partial charge in [-0.1, -0.05) is 50.2 Å². The molecule has 0 N–H and O–H groups in total. The molecule has 0 fully saturated rings. The molecule has 0 saturated heterocycles. The van der Waals surface area contributed by atoms with E-state index in [0.717, 1.165) is 23.3 Å². The summed E-state index contributed by atoms with van der Waals surface area (Å²) in [6, 6.07) is 16.5. The van der Waals surface area contributed by atoms with Gasteiger partial charge in [0.25, 0.3) is 0 Å². The summed E-state index contributed by atoms with van der Waals surface area (Å²) in [5, 5.41) is -0.119. The van der Waals surface area contributed by atoms with Crippen molar-refractivity contribution in [3.8, 4) is 5.75 Å². The number of methoxy groups -OCH3 is 1. The van der Waals surface area contributed by atoms with E-state index in [0.29, 0.717) is 5.92 Å². The molecular weight excluding hydrogens is 268 g/mol. The minimum absolute atomic E-state index is 0.119. The topological polar surface area (TPSA) is 9.23 Å². The first kappa shape index (κ1) is 14.9. The van der Waals surface area contributed by atoms with Crippen molar-refractivity contribution in [2.75, 3.05) is 7.11 Å². The number of hydrogen-bond donors (Lipinski definition) is 0. The number of halogens is 1. The summed E-state index contributed by atoms with van der Waals surface area (Å²) >= 11 is 6.55. The van der Waals surface area contributed by atoms with Crippen LogP contribution in [0.3, 0.4) is 0 Å². The molecule has 2 aromatic carbocycles. The Labute approximate surface area is 126 Å². The Bertz CT molecular complexity index is 530. The molecule has 0 amide bonds. The molecule has 0 aliphatic heterocycles. The fraction of sp³-hybridized carbons (Fsp3) is 0.333. The van der Waals surface area contributed by atoms with Crippen LogP contribution in [0.25, 0.3) is 0 Å². The van der Waals surface area contributed by atoms with Crippen molar-refractivity contribution in [3.63, 3.8) is 0 Å². The zero-order chi connectivity index (χ0) is 14.5. The van der Waals surface area contributed by atoms with Gasteiger partial charge in [-0.2, -0.15) is 0 Å². The van der Waals surface area contributed by atoms with Gasteiger partial charge in [0.1, 0.15) is 5.75 Å². The van der Waals surface area contributed by atoms with E-state index in [9.17, 15) is 0 Å². The molecule has 2 rings (SSSR count). The van der Waals surface area contributed by atoms with Crippen molar-refractivity contribution >= 4 is 11.6 Å². The van der Waals surface area contributed by atoms with Gasteiger partial charge < -0.3 is 4.74 Å². The Morgan fingerprint density at radius 1 is 0.900 bits per heavy atom. The molecule has 0 aromatic heterocycles. The standard InChI is InChI=1S/C18H21ClO/c1-4-13(2)14-5-7-15(8-6-14)18(19)16-9-11-17(20-3)12-10-16/h5-13,18H,4H2,1-3H3. The number of alkyl halides is 1. The van der Waals surface area contributed by atoms with E-state index in [-0.39, 0.29) is 5.38 Å². The highest BCUT2D eigenvalue weighted by molar-refractivity contribution is 6.22. The first-order valence-electron chi connectivity index (χ1n) is 7.03. The van der Waals surface area contributed by atoms with Crippen LogP contribution in [0.5, 0.6) is 5.75 Å². The number of rotatable bonds is 5. The quantitative estimate of drug-likeness (QED) is 0.657. The normalized spacial score (nSPS) is 13.8. The Kier molecular flexibility index (Phi) is 5.08. The third-order valence-corrected chi connectivity index (χ3v) is 4.32. The highest BCUT2D eigenvalue weighted by Gasteiger charge is 2.11. The highest BCUT2D eigenvalue weighted by Crippen LogP contribution is 2.31. The molecule has 0 spiro atoms. The van der Waals surface area contributed by atoms with Gasteiger partial charge in [-0.3, -0.25) is 0 Å². The van der Waals surface area contributed by atoms with Crippen LogP contribution in [0.1, 0.15) is 48.3 Å². The zero-order valence-corrected chi connectivity index (χ0v) is 13.0. The van der Waals surface area contributed by atoms with E-state index in [4.69, 9.17) is 16.3 Å². The molecule has 2 aromatic rings. The van der Waals surface area contributed by atoms with Crippen LogP contribution < -0.4 is 4.74 Å². The van der Waals surface area contributed by atoms with Crippen molar-refractivity contribution in [2.24, 2.45) is 0 Å². The lowest BCUT2D eigenvalue weighted by molar-refractivity contribution is 0.414. The van der Waals surface area contributed by atoms with Crippen molar-refractivity contribution in [1.29, 1.82) is 0 Å². The third-order valence-electron chi connectivity index (χ3n) is 3.82. The molecule has 2 heteroatoms. The van der Waals surface area contributed by atoms with Crippen LogP contribution >= 0.6 is 11.6 Å². The monoisotopic (exact) mass is 288 g/mol. The number of benzene rings is 2. The van der Waals surface area contributed by atoms with Crippen LogP contribution in [0.2, 0.25) is 0 Å². The van der Waals surface area contributed by atoms with Crippen LogP contribution in [0.4, 0.5) is 0 Å². The summed E-state index contributed by atoms with van der Waals surface area (Å²) in [6.07, 6.45) is 1.15. The van der Waals surface area contributed by atoms with Crippen LogP contribution in [-0.2, 0) is 0 Å². The minimum Gasteiger partial charge on any atom is -0.497 e. The summed E-state index contributed by atoms with van der Waals surface area (Å²) in [7, 11) is 1.67. The van der Waals surface area contributed by atoms with Crippen molar-refractivity contribution in [1.82, 2.24) is 0 Å². The van der Waals surface area contributed by atoms with Gasteiger partial charge in [0.15, 0.2) is 0 Å². The second kappa shape index (κ2) is 6.81. The molecule has 0 bridgehead atoms. The lowest BCUT2D eigenvalue weighted by Gasteiger charge is -2.14. The fourth-order valence-corrected chi connectivity index (χ4v) is 2.49. The SMILES string of the molecule is CCC(C)c1ccc(C(Cl)c2ccc(OC)cc2)cc1. The van der Waals surface area contributed by atoms with Crippen molar-refractivity contribution in [3.05, 3.63) is 65.2 Å². The summed E-state index contributed by atoms with van der Waals surface area (Å²) in [5.41, 5.74) is 3.59. The summed E-state index contributed by atoms with van der Waals surface area (Å²) in [4.78, 5) is 0. The number of hydrogen-bond acceptors (Lipinski definition) is 1. The molecular formula is C18H21ClO. The molecule has 2 unspecified atom stereocenters. The molecule has 1 nitrogen and oxygen atoms in total. The van der Waals surface area contributed by atoms with Gasteiger partial charge in [0.05, 0.1) is 12.5 Å². The smallest absolute Gasteiger partial charge is 0.118 e. The Hall–Kier alpha value is -1.47.